The van der Waals surface area contributed by atoms with Gasteiger partial charge in [0.15, 0.2) is 5.82 Å². The van der Waals surface area contributed by atoms with Crippen LogP contribution in [0.1, 0.15) is 25.7 Å². The van der Waals surface area contributed by atoms with E-state index in [1.165, 1.54) is 6.07 Å². The summed E-state index contributed by atoms with van der Waals surface area (Å²) < 4.78 is 24.8. The number of rotatable bonds is 3. The molecule has 0 atom stereocenters. The molecule has 7 nitrogen and oxygen atoms in total. The van der Waals surface area contributed by atoms with Crippen molar-refractivity contribution in [3.05, 3.63) is 48.5 Å². The van der Waals surface area contributed by atoms with Crippen molar-refractivity contribution in [1.82, 2.24) is 10.2 Å². The summed E-state index contributed by atoms with van der Waals surface area (Å²) in [5.41, 5.74) is 6.26. The van der Waals surface area contributed by atoms with Gasteiger partial charge in [-0.2, -0.15) is 5.10 Å². The molecule has 2 aromatic carbocycles. The Balaban J connectivity index is 0.000000221. The fourth-order valence-corrected chi connectivity index (χ4v) is 4.40. The van der Waals surface area contributed by atoms with E-state index in [4.69, 9.17) is 10.8 Å². The second kappa shape index (κ2) is 7.79. The lowest BCUT2D eigenvalue weighted by Gasteiger charge is -2.04. The maximum Gasteiger partial charge on any atom is 0.306 e. The van der Waals surface area contributed by atoms with Gasteiger partial charge >= 0.3 is 5.97 Å². The van der Waals surface area contributed by atoms with Crippen molar-refractivity contribution in [2.75, 3.05) is 5.73 Å². The van der Waals surface area contributed by atoms with E-state index >= 15 is 0 Å². The molecule has 27 heavy (non-hydrogen) atoms. The number of carboxylic acids is 1. The van der Waals surface area contributed by atoms with Gasteiger partial charge in [-0.05, 0) is 43.2 Å². The third kappa shape index (κ3) is 4.11. The van der Waals surface area contributed by atoms with Crippen LogP contribution in [0.2, 0.25) is 0 Å². The number of hydrogen-bond donors (Lipinski definition) is 3. The highest BCUT2D eigenvalue weighted by atomic mass is 32.2. The van der Waals surface area contributed by atoms with Crippen molar-refractivity contribution in [2.24, 2.45) is 5.92 Å². The number of aliphatic carboxylic acids is 1. The standard InChI is InChI=1S/C13H11N3O2S.C6H10O2/c14-13-11-7-6-10(8-12(11)15-16-13)19(17,18)9-4-2-1-3-5-9;7-6(8)5-3-1-2-4-5/h1-8H,(H3,14,15,16);5H,1-4H2,(H,7,8). The van der Waals surface area contributed by atoms with Crippen LogP contribution in [0, 0.1) is 5.92 Å². The predicted octanol–water partition coefficient (Wildman–Crippen LogP) is 3.24. The van der Waals surface area contributed by atoms with Crippen LogP contribution < -0.4 is 5.73 Å². The van der Waals surface area contributed by atoms with Gasteiger partial charge < -0.3 is 10.8 Å². The molecule has 0 aliphatic heterocycles. The molecule has 1 saturated carbocycles. The first kappa shape index (κ1) is 18.9. The van der Waals surface area contributed by atoms with Crippen LogP contribution in [0.5, 0.6) is 0 Å². The van der Waals surface area contributed by atoms with Gasteiger partial charge in [-0.15, -0.1) is 0 Å². The molecule has 0 unspecified atom stereocenters. The number of sulfone groups is 1. The van der Waals surface area contributed by atoms with E-state index in [9.17, 15) is 13.2 Å². The van der Waals surface area contributed by atoms with Gasteiger partial charge in [0, 0.05) is 5.39 Å². The number of nitrogens with zero attached hydrogens (tertiary/aromatic N) is 1. The van der Waals surface area contributed by atoms with Gasteiger partial charge in [0.1, 0.15) is 0 Å². The highest BCUT2D eigenvalue weighted by Crippen LogP contribution is 2.26. The molecule has 1 fully saturated rings. The zero-order valence-corrected chi connectivity index (χ0v) is 15.4. The number of H-pyrrole nitrogens is 1. The lowest BCUT2D eigenvalue weighted by atomic mass is 10.1. The minimum Gasteiger partial charge on any atom is -0.481 e. The van der Waals surface area contributed by atoms with Gasteiger partial charge in [-0.1, -0.05) is 31.0 Å². The number of carboxylic acid groups (broad SMARTS) is 1. The molecule has 142 valence electrons. The Morgan fingerprint density at radius 1 is 1.07 bits per heavy atom. The fraction of sp³-hybridized carbons (Fsp3) is 0.263. The molecule has 0 amide bonds. The Morgan fingerprint density at radius 3 is 2.33 bits per heavy atom. The molecule has 1 aromatic heterocycles. The highest BCUT2D eigenvalue weighted by molar-refractivity contribution is 7.91. The Hall–Kier alpha value is -2.87. The third-order valence-corrected chi connectivity index (χ3v) is 6.40. The van der Waals surface area contributed by atoms with E-state index in [-0.39, 0.29) is 15.7 Å². The van der Waals surface area contributed by atoms with Crippen LogP contribution in [-0.2, 0) is 14.6 Å². The molecular formula is C19H21N3O4S. The third-order valence-electron chi connectivity index (χ3n) is 4.63. The van der Waals surface area contributed by atoms with Crippen LogP contribution in [0.4, 0.5) is 5.82 Å². The maximum atomic E-state index is 12.4. The minimum atomic E-state index is -3.51. The van der Waals surface area contributed by atoms with Gasteiger partial charge in [0.05, 0.1) is 21.2 Å². The second-order valence-electron chi connectivity index (χ2n) is 6.45. The zero-order chi connectivity index (χ0) is 19.4. The number of anilines is 1. The molecule has 3 aromatic rings. The zero-order valence-electron chi connectivity index (χ0n) is 14.6. The van der Waals surface area contributed by atoms with Gasteiger partial charge in [0.2, 0.25) is 9.84 Å². The Morgan fingerprint density at radius 2 is 1.74 bits per heavy atom. The van der Waals surface area contributed by atoms with Gasteiger partial charge in [-0.25, -0.2) is 8.42 Å². The maximum absolute atomic E-state index is 12.4. The number of benzene rings is 2. The first-order valence-corrected chi connectivity index (χ1v) is 10.1. The second-order valence-corrected chi connectivity index (χ2v) is 8.40. The van der Waals surface area contributed by atoms with E-state index in [1.54, 1.807) is 42.5 Å². The molecule has 0 saturated heterocycles. The first-order valence-electron chi connectivity index (χ1n) is 8.66. The minimum absolute atomic E-state index is 0.0185. The van der Waals surface area contributed by atoms with E-state index in [0.29, 0.717) is 16.7 Å². The molecule has 0 radical (unpaired) electrons. The average Bonchev–Trinajstić information content (AvgIpc) is 3.33. The van der Waals surface area contributed by atoms with Crippen LogP contribution in [0.15, 0.2) is 58.3 Å². The smallest absolute Gasteiger partial charge is 0.306 e. The van der Waals surface area contributed by atoms with E-state index in [1.807, 2.05) is 0 Å². The van der Waals surface area contributed by atoms with Crippen LogP contribution >= 0.6 is 0 Å². The molecule has 8 heteroatoms. The summed E-state index contributed by atoms with van der Waals surface area (Å²) in [5, 5.41) is 15.7. The number of aromatic nitrogens is 2. The first-order chi connectivity index (χ1) is 12.9. The quantitative estimate of drug-likeness (QED) is 0.633. The average molecular weight is 387 g/mol. The van der Waals surface area contributed by atoms with Gasteiger partial charge in [0.25, 0.3) is 0 Å². The molecule has 0 spiro atoms. The fourth-order valence-electron chi connectivity index (χ4n) is 3.10. The van der Waals surface area contributed by atoms with Crippen LogP contribution in [0.3, 0.4) is 0 Å². The monoisotopic (exact) mass is 387 g/mol. The molecular weight excluding hydrogens is 366 g/mol. The van der Waals surface area contributed by atoms with E-state index < -0.39 is 15.8 Å². The number of aromatic amines is 1. The molecule has 4 rings (SSSR count). The van der Waals surface area contributed by atoms with E-state index in [0.717, 1.165) is 25.7 Å². The SMILES string of the molecule is Nc1n[nH]c2cc(S(=O)(=O)c3ccccc3)ccc12.O=C(O)C1CCCC1. The van der Waals surface area contributed by atoms with Crippen molar-refractivity contribution in [3.8, 4) is 0 Å². The molecule has 1 heterocycles. The van der Waals surface area contributed by atoms with Crippen LogP contribution in [0.25, 0.3) is 10.9 Å². The largest absolute Gasteiger partial charge is 0.481 e. The number of nitrogens with one attached hydrogen (secondary N) is 1. The topological polar surface area (TPSA) is 126 Å². The highest BCUT2D eigenvalue weighted by Gasteiger charge is 2.21. The summed E-state index contributed by atoms with van der Waals surface area (Å²) in [6.45, 7) is 0. The predicted molar refractivity (Wildman–Crippen MR) is 102 cm³/mol. The number of fused-ring (bicyclic) bond motifs is 1. The lowest BCUT2D eigenvalue weighted by molar-refractivity contribution is -0.141. The molecule has 4 N–H and O–H groups in total. The van der Waals surface area contributed by atoms with Crippen molar-refractivity contribution >= 4 is 32.5 Å². The normalized spacial score (nSPS) is 14.7. The Labute approximate surface area is 157 Å². The number of carbonyl (C=O) groups is 1. The number of hydrogen-bond acceptors (Lipinski definition) is 5. The van der Waals surface area contributed by atoms with Crippen molar-refractivity contribution in [2.45, 2.75) is 35.5 Å². The summed E-state index contributed by atoms with van der Waals surface area (Å²) in [4.78, 5) is 10.7. The Kier molecular flexibility index (Phi) is 5.46. The summed E-state index contributed by atoms with van der Waals surface area (Å²) in [6.07, 6.45) is 4.01. The van der Waals surface area contributed by atoms with Crippen molar-refractivity contribution in [3.63, 3.8) is 0 Å². The summed E-state index contributed by atoms with van der Waals surface area (Å²) in [5.74, 6) is -0.267. The summed E-state index contributed by atoms with van der Waals surface area (Å²) >= 11 is 0. The lowest BCUT2D eigenvalue weighted by Crippen LogP contribution is -2.07. The number of nitrogens with two attached hydrogens (primary N) is 1. The van der Waals surface area contributed by atoms with Crippen molar-refractivity contribution < 1.29 is 18.3 Å². The van der Waals surface area contributed by atoms with Crippen molar-refractivity contribution in [1.29, 1.82) is 0 Å². The molecule has 1 aliphatic rings. The summed E-state index contributed by atoms with van der Waals surface area (Å²) in [7, 11) is -3.51. The number of nitrogen functional groups attached to an aromatic ring is 1. The Bertz CT molecular complexity index is 1040. The van der Waals surface area contributed by atoms with E-state index in [2.05, 4.69) is 10.2 Å². The summed E-state index contributed by atoms with van der Waals surface area (Å²) in [6, 6.07) is 13.0. The molecule has 0 bridgehead atoms. The van der Waals surface area contributed by atoms with Gasteiger partial charge in [-0.3, -0.25) is 9.89 Å². The molecule has 1 aliphatic carbocycles. The van der Waals surface area contributed by atoms with Crippen LogP contribution in [-0.4, -0.2) is 29.7 Å².